The van der Waals surface area contributed by atoms with E-state index in [9.17, 15) is 4.21 Å². The van der Waals surface area contributed by atoms with Crippen LogP contribution in [0.1, 0.15) is 65.7 Å². The molecule has 0 aromatic rings. The lowest BCUT2D eigenvalue weighted by atomic mass is 9.45. The molecule has 18 heavy (non-hydrogen) atoms. The van der Waals surface area contributed by atoms with Crippen molar-refractivity contribution in [3.63, 3.8) is 0 Å². The topological polar surface area (TPSA) is 17.1 Å². The van der Waals surface area contributed by atoms with Gasteiger partial charge >= 0.3 is 0 Å². The average molecular weight is 268 g/mol. The normalized spacial score (nSPS) is 51.6. The molecular formula is C16H28OS. The monoisotopic (exact) mass is 268 g/mol. The van der Waals surface area contributed by atoms with Crippen LogP contribution in [0.4, 0.5) is 0 Å². The molecule has 104 valence electrons. The molecule has 4 aliphatic rings. The van der Waals surface area contributed by atoms with E-state index in [1.54, 1.807) is 0 Å². The fourth-order valence-corrected chi connectivity index (χ4v) is 8.25. The Morgan fingerprint density at radius 2 is 2.00 bits per heavy atom. The molecule has 0 saturated heterocycles. The predicted octanol–water partition coefficient (Wildman–Crippen LogP) is 4.14. The zero-order chi connectivity index (χ0) is 13.0. The van der Waals surface area contributed by atoms with Crippen LogP contribution < -0.4 is 0 Å². The molecule has 4 aliphatic carbocycles. The van der Waals surface area contributed by atoms with Crippen molar-refractivity contribution in [2.45, 2.75) is 71.0 Å². The number of hydrogen-bond donors (Lipinski definition) is 0. The third-order valence-electron chi connectivity index (χ3n) is 5.86. The summed E-state index contributed by atoms with van der Waals surface area (Å²) in [4.78, 5) is 0. The molecule has 4 bridgehead atoms. The van der Waals surface area contributed by atoms with Crippen molar-refractivity contribution < 1.29 is 4.21 Å². The fourth-order valence-electron chi connectivity index (χ4n) is 5.98. The molecule has 0 spiro atoms. The second-order valence-electron chi connectivity index (χ2n) is 7.97. The maximum absolute atomic E-state index is 12.7. The summed E-state index contributed by atoms with van der Waals surface area (Å²) >= 11 is 0. The molecule has 0 aliphatic heterocycles. The molecule has 6 atom stereocenters. The van der Waals surface area contributed by atoms with Crippen LogP contribution in [-0.4, -0.2) is 15.2 Å². The molecular weight excluding hydrogens is 240 g/mol. The summed E-state index contributed by atoms with van der Waals surface area (Å²) in [6.07, 6.45) is 9.23. The first-order chi connectivity index (χ1) is 8.46. The molecule has 1 unspecified atom stereocenters. The van der Waals surface area contributed by atoms with Crippen molar-refractivity contribution in [3.05, 3.63) is 0 Å². The van der Waals surface area contributed by atoms with Crippen LogP contribution in [0, 0.1) is 22.7 Å². The average Bonchev–Trinajstić information content (AvgIpc) is 2.21. The summed E-state index contributed by atoms with van der Waals surface area (Å²) in [5, 5.41) is 0.522. The van der Waals surface area contributed by atoms with Crippen molar-refractivity contribution in [3.8, 4) is 0 Å². The van der Waals surface area contributed by atoms with Crippen LogP contribution in [0.15, 0.2) is 0 Å². The molecule has 4 fully saturated rings. The highest BCUT2D eigenvalue weighted by Gasteiger charge is 2.60. The van der Waals surface area contributed by atoms with E-state index in [-0.39, 0.29) is 0 Å². The van der Waals surface area contributed by atoms with Crippen molar-refractivity contribution >= 4 is 10.8 Å². The Morgan fingerprint density at radius 3 is 2.61 bits per heavy atom. The zero-order valence-electron chi connectivity index (χ0n) is 12.2. The smallest absolute Gasteiger partial charge is 0.0430 e. The standard InChI is InChI=1S/C16H28OS/c1-4-5-6-18(17)14-13-7-12-8-15(2,10-13)11-16(14,3)9-12/h12-14H,4-11H2,1-3H3/t12-,13+,14?,15-,16-,18+/m1/s1. The molecule has 4 rings (SSSR count). The van der Waals surface area contributed by atoms with Gasteiger partial charge in [-0.3, -0.25) is 4.21 Å². The van der Waals surface area contributed by atoms with Gasteiger partial charge in [-0.15, -0.1) is 0 Å². The Balaban J connectivity index is 1.82. The van der Waals surface area contributed by atoms with E-state index in [1.807, 2.05) is 0 Å². The maximum Gasteiger partial charge on any atom is 0.0430 e. The molecule has 0 heterocycles. The molecule has 0 N–H and O–H groups in total. The van der Waals surface area contributed by atoms with Crippen LogP contribution in [0.3, 0.4) is 0 Å². The lowest BCUT2D eigenvalue weighted by Crippen LogP contribution is -2.59. The molecule has 0 radical (unpaired) electrons. The maximum atomic E-state index is 12.7. The Kier molecular flexibility index (Phi) is 3.16. The van der Waals surface area contributed by atoms with Gasteiger partial charge in [-0.05, 0) is 61.2 Å². The lowest BCUT2D eigenvalue weighted by Gasteiger charge is -2.63. The van der Waals surface area contributed by atoms with Crippen LogP contribution >= 0.6 is 0 Å². The molecule has 4 saturated carbocycles. The zero-order valence-corrected chi connectivity index (χ0v) is 13.0. The van der Waals surface area contributed by atoms with Gasteiger partial charge < -0.3 is 0 Å². The molecule has 2 heteroatoms. The van der Waals surface area contributed by atoms with E-state index in [4.69, 9.17) is 0 Å². The minimum atomic E-state index is -0.567. The van der Waals surface area contributed by atoms with Gasteiger partial charge in [0, 0.05) is 21.8 Å². The number of rotatable bonds is 4. The molecule has 1 nitrogen and oxygen atoms in total. The minimum Gasteiger partial charge on any atom is -0.259 e. The highest BCUT2D eigenvalue weighted by atomic mass is 32.2. The third-order valence-corrected chi connectivity index (χ3v) is 8.07. The first kappa shape index (κ1) is 13.1. The molecule has 0 aromatic carbocycles. The number of unbranched alkanes of at least 4 members (excludes halogenated alkanes) is 1. The van der Waals surface area contributed by atoms with Crippen molar-refractivity contribution in [1.29, 1.82) is 0 Å². The first-order valence-corrected chi connectivity index (χ1v) is 9.21. The van der Waals surface area contributed by atoms with Gasteiger partial charge in [0.2, 0.25) is 0 Å². The van der Waals surface area contributed by atoms with Crippen molar-refractivity contribution in [1.82, 2.24) is 0 Å². The highest BCUT2D eigenvalue weighted by molar-refractivity contribution is 7.85. The van der Waals surface area contributed by atoms with Gasteiger partial charge in [0.15, 0.2) is 0 Å². The lowest BCUT2D eigenvalue weighted by molar-refractivity contribution is -0.0867. The van der Waals surface area contributed by atoms with Crippen LogP contribution in [-0.2, 0) is 10.8 Å². The van der Waals surface area contributed by atoms with E-state index in [0.29, 0.717) is 16.1 Å². The summed E-state index contributed by atoms with van der Waals surface area (Å²) in [6.45, 7) is 7.16. The van der Waals surface area contributed by atoms with E-state index >= 15 is 0 Å². The summed E-state index contributed by atoms with van der Waals surface area (Å²) in [5.41, 5.74) is 0.990. The summed E-state index contributed by atoms with van der Waals surface area (Å²) in [6, 6.07) is 0. The fraction of sp³-hybridized carbons (Fsp3) is 1.00. The molecule has 0 amide bonds. The van der Waals surface area contributed by atoms with Crippen molar-refractivity contribution in [2.24, 2.45) is 22.7 Å². The number of hydrogen-bond acceptors (Lipinski definition) is 1. The third kappa shape index (κ3) is 1.99. The van der Waals surface area contributed by atoms with E-state index in [2.05, 4.69) is 20.8 Å². The Bertz CT molecular complexity index is 366. The first-order valence-electron chi connectivity index (χ1n) is 7.83. The van der Waals surface area contributed by atoms with Gasteiger partial charge in [0.05, 0.1) is 0 Å². The van der Waals surface area contributed by atoms with Gasteiger partial charge in [-0.2, -0.15) is 0 Å². The SMILES string of the molecule is CCCC[S@](=O)C1[C@H]2C[C@@H]3C[C@](C)(C2)C[C@@]1(C)C3. The van der Waals surface area contributed by atoms with Crippen molar-refractivity contribution in [2.75, 3.05) is 5.75 Å². The Morgan fingerprint density at radius 1 is 1.22 bits per heavy atom. The summed E-state index contributed by atoms with van der Waals surface area (Å²) in [5.74, 6) is 2.68. The molecule has 0 aromatic heterocycles. The second kappa shape index (κ2) is 4.33. The van der Waals surface area contributed by atoms with E-state index < -0.39 is 10.8 Å². The van der Waals surface area contributed by atoms with Crippen LogP contribution in [0.25, 0.3) is 0 Å². The van der Waals surface area contributed by atoms with Gasteiger partial charge in [0.1, 0.15) is 0 Å². The van der Waals surface area contributed by atoms with E-state index in [1.165, 1.54) is 38.5 Å². The quantitative estimate of drug-likeness (QED) is 0.749. The summed E-state index contributed by atoms with van der Waals surface area (Å²) < 4.78 is 12.7. The largest absolute Gasteiger partial charge is 0.259 e. The van der Waals surface area contributed by atoms with Crippen LogP contribution in [0.5, 0.6) is 0 Å². The predicted molar refractivity (Wildman–Crippen MR) is 78.0 cm³/mol. The Labute approximate surface area is 115 Å². The van der Waals surface area contributed by atoms with Gasteiger partial charge in [-0.25, -0.2) is 0 Å². The minimum absolute atomic E-state index is 0.400. The summed E-state index contributed by atoms with van der Waals surface area (Å²) in [7, 11) is -0.567. The van der Waals surface area contributed by atoms with Gasteiger partial charge in [-0.1, -0.05) is 27.2 Å². The van der Waals surface area contributed by atoms with E-state index in [0.717, 1.165) is 24.0 Å². The highest BCUT2D eigenvalue weighted by Crippen LogP contribution is 2.66. The van der Waals surface area contributed by atoms with Gasteiger partial charge in [0.25, 0.3) is 0 Å². The van der Waals surface area contributed by atoms with Crippen LogP contribution in [0.2, 0.25) is 0 Å². The second-order valence-corrected chi connectivity index (χ2v) is 9.65. The Hall–Kier alpha value is 0.150.